The first kappa shape index (κ1) is 16.7. The second-order valence-corrected chi connectivity index (χ2v) is 6.78. The van der Waals surface area contributed by atoms with Crippen LogP contribution in [0.4, 0.5) is 0 Å². The number of benzene rings is 1. The van der Waals surface area contributed by atoms with Crippen LogP contribution in [0.25, 0.3) is 0 Å². The first-order valence-corrected chi connectivity index (χ1v) is 8.22. The lowest BCUT2D eigenvalue weighted by Crippen LogP contribution is -2.42. The molecule has 6 heteroatoms. The summed E-state index contributed by atoms with van der Waals surface area (Å²) < 4.78 is 25.5. The summed E-state index contributed by atoms with van der Waals surface area (Å²) in [6, 6.07) is 7.76. The molecule has 0 bridgehead atoms. The molecule has 1 atom stereocenters. The molecule has 0 aliphatic carbocycles. The molecule has 5 nitrogen and oxygen atoms in total. The largest absolute Gasteiger partial charge is 0.480 e. The van der Waals surface area contributed by atoms with Gasteiger partial charge in [0, 0.05) is 7.05 Å². The summed E-state index contributed by atoms with van der Waals surface area (Å²) in [7, 11) is -2.30. The van der Waals surface area contributed by atoms with E-state index >= 15 is 0 Å². The number of carbonyl (C=O) groups is 1. The smallest absolute Gasteiger partial charge is 0.321 e. The number of carboxylic acid groups (broad SMARTS) is 1. The molecule has 0 heterocycles. The van der Waals surface area contributed by atoms with Gasteiger partial charge in [-0.2, -0.15) is 4.31 Å². The van der Waals surface area contributed by atoms with Crippen LogP contribution < -0.4 is 0 Å². The molecule has 0 aromatic heterocycles. The van der Waals surface area contributed by atoms with Gasteiger partial charge in [0.1, 0.15) is 6.04 Å². The molecule has 1 aromatic carbocycles. The maximum Gasteiger partial charge on any atom is 0.321 e. The van der Waals surface area contributed by atoms with Gasteiger partial charge in [0.05, 0.1) is 5.75 Å². The minimum absolute atomic E-state index is 0.180. The molecular weight excluding hydrogens is 278 g/mol. The number of nitrogens with zero attached hydrogens (tertiary/aromatic N) is 1. The Morgan fingerprint density at radius 3 is 2.40 bits per heavy atom. The maximum absolute atomic E-state index is 12.3. The number of rotatable bonds is 8. The number of carboxylic acids is 1. The Labute approximate surface area is 120 Å². The van der Waals surface area contributed by atoms with Crippen molar-refractivity contribution >= 4 is 16.0 Å². The summed E-state index contributed by atoms with van der Waals surface area (Å²) >= 11 is 0. The van der Waals surface area contributed by atoms with E-state index in [0.717, 1.165) is 10.7 Å². The lowest BCUT2D eigenvalue weighted by atomic mass is 10.1. The first-order valence-electron chi connectivity index (χ1n) is 6.61. The highest BCUT2D eigenvalue weighted by atomic mass is 32.2. The molecule has 1 unspecified atom stereocenters. The third kappa shape index (κ3) is 4.61. The molecular formula is C14H21NO4S. The van der Waals surface area contributed by atoms with Crippen LogP contribution in [0.3, 0.4) is 0 Å². The van der Waals surface area contributed by atoms with Gasteiger partial charge in [-0.3, -0.25) is 4.79 Å². The molecule has 1 N–H and O–H groups in total. The number of unbranched alkanes of at least 4 members (excludes halogenated alkanes) is 1. The number of likely N-dealkylation sites (N-methyl/N-ethyl adjacent to an activating group) is 1. The monoisotopic (exact) mass is 299 g/mol. The molecule has 0 spiro atoms. The van der Waals surface area contributed by atoms with Gasteiger partial charge in [0.15, 0.2) is 0 Å². The number of hydrogen-bond donors (Lipinski definition) is 1. The summed E-state index contributed by atoms with van der Waals surface area (Å²) in [5, 5.41) is 9.19. The highest BCUT2D eigenvalue weighted by molar-refractivity contribution is 7.88. The van der Waals surface area contributed by atoms with Crippen molar-refractivity contribution in [2.24, 2.45) is 0 Å². The summed E-state index contributed by atoms with van der Waals surface area (Å²) in [5.41, 5.74) is 0.652. The predicted molar refractivity (Wildman–Crippen MR) is 77.8 cm³/mol. The molecule has 0 aliphatic rings. The number of sulfonamides is 1. The molecule has 20 heavy (non-hydrogen) atoms. The van der Waals surface area contributed by atoms with Crippen molar-refractivity contribution in [1.82, 2.24) is 4.31 Å². The fourth-order valence-corrected chi connectivity index (χ4v) is 3.34. The van der Waals surface area contributed by atoms with Gasteiger partial charge in [-0.1, -0.05) is 50.1 Å². The molecule has 0 radical (unpaired) electrons. The van der Waals surface area contributed by atoms with Crippen LogP contribution in [0.2, 0.25) is 0 Å². The van der Waals surface area contributed by atoms with Crippen LogP contribution in [-0.2, 0) is 20.6 Å². The Morgan fingerprint density at radius 2 is 1.90 bits per heavy atom. The molecule has 0 aliphatic heterocycles. The Balaban J connectivity index is 2.86. The maximum atomic E-state index is 12.3. The van der Waals surface area contributed by atoms with Gasteiger partial charge >= 0.3 is 5.97 Å². The van der Waals surface area contributed by atoms with Crippen LogP contribution in [-0.4, -0.2) is 36.9 Å². The SMILES string of the molecule is CCCCC(C(=O)O)N(C)S(=O)(=O)Cc1ccccc1. The summed E-state index contributed by atoms with van der Waals surface area (Å²) in [4.78, 5) is 11.2. The first-order chi connectivity index (χ1) is 9.38. The fourth-order valence-electron chi connectivity index (χ4n) is 1.94. The van der Waals surface area contributed by atoms with Crippen LogP contribution in [0.15, 0.2) is 30.3 Å². The molecule has 0 amide bonds. The average Bonchev–Trinajstić information content (AvgIpc) is 2.39. The van der Waals surface area contributed by atoms with Crippen molar-refractivity contribution in [2.75, 3.05) is 7.05 Å². The third-order valence-electron chi connectivity index (χ3n) is 3.19. The lowest BCUT2D eigenvalue weighted by Gasteiger charge is -2.24. The molecule has 1 rings (SSSR count). The van der Waals surface area contributed by atoms with Gasteiger partial charge < -0.3 is 5.11 Å². The molecule has 0 saturated carbocycles. The standard InChI is InChI=1S/C14H21NO4S/c1-3-4-10-13(14(16)17)15(2)20(18,19)11-12-8-6-5-7-9-12/h5-9,13H,3-4,10-11H2,1-2H3,(H,16,17). The van der Waals surface area contributed by atoms with E-state index in [4.69, 9.17) is 0 Å². The van der Waals surface area contributed by atoms with Crippen molar-refractivity contribution in [2.45, 2.75) is 38.0 Å². The second kappa shape index (κ2) is 7.40. The quantitative estimate of drug-likeness (QED) is 0.797. The Hall–Kier alpha value is -1.40. The molecule has 1 aromatic rings. The van der Waals surface area contributed by atoms with Crippen LogP contribution in [0, 0.1) is 0 Å². The average molecular weight is 299 g/mol. The molecule has 0 fully saturated rings. The summed E-state index contributed by atoms with van der Waals surface area (Å²) in [5.74, 6) is -1.28. The van der Waals surface area contributed by atoms with E-state index in [2.05, 4.69) is 0 Å². The third-order valence-corrected chi connectivity index (χ3v) is 5.02. The van der Waals surface area contributed by atoms with Crippen molar-refractivity contribution in [3.05, 3.63) is 35.9 Å². The van der Waals surface area contributed by atoms with Crippen molar-refractivity contribution in [1.29, 1.82) is 0 Å². The van der Waals surface area contributed by atoms with Crippen molar-refractivity contribution in [3.63, 3.8) is 0 Å². The van der Waals surface area contributed by atoms with E-state index in [0.29, 0.717) is 18.4 Å². The highest BCUT2D eigenvalue weighted by Crippen LogP contribution is 2.16. The summed E-state index contributed by atoms with van der Waals surface area (Å²) in [6.45, 7) is 1.94. The molecule has 112 valence electrons. The van der Waals surface area contributed by atoms with E-state index in [9.17, 15) is 18.3 Å². The van der Waals surface area contributed by atoms with Gasteiger partial charge in [-0.05, 0) is 12.0 Å². The zero-order valence-corrected chi connectivity index (χ0v) is 12.6. The van der Waals surface area contributed by atoms with Crippen LogP contribution in [0.1, 0.15) is 31.7 Å². The zero-order valence-electron chi connectivity index (χ0n) is 11.8. The topological polar surface area (TPSA) is 74.7 Å². The fraction of sp³-hybridized carbons (Fsp3) is 0.500. The van der Waals surface area contributed by atoms with E-state index < -0.39 is 22.0 Å². The van der Waals surface area contributed by atoms with E-state index in [1.807, 2.05) is 6.92 Å². The Bertz CT molecular complexity index is 527. The van der Waals surface area contributed by atoms with E-state index in [1.165, 1.54) is 7.05 Å². The Kier molecular flexibility index (Phi) is 6.16. The van der Waals surface area contributed by atoms with Crippen molar-refractivity contribution < 1.29 is 18.3 Å². The van der Waals surface area contributed by atoms with Gasteiger partial charge in [-0.25, -0.2) is 8.42 Å². The lowest BCUT2D eigenvalue weighted by molar-refractivity contribution is -0.141. The van der Waals surface area contributed by atoms with E-state index in [1.54, 1.807) is 30.3 Å². The normalized spacial score (nSPS) is 13.3. The van der Waals surface area contributed by atoms with Gasteiger partial charge in [0.2, 0.25) is 10.0 Å². The summed E-state index contributed by atoms with van der Waals surface area (Å²) in [6.07, 6.45) is 1.84. The molecule has 0 saturated heterocycles. The minimum Gasteiger partial charge on any atom is -0.480 e. The van der Waals surface area contributed by atoms with Crippen LogP contribution in [0.5, 0.6) is 0 Å². The predicted octanol–water partition coefficient (Wildman–Crippen LogP) is 2.09. The van der Waals surface area contributed by atoms with Gasteiger partial charge in [0.25, 0.3) is 0 Å². The zero-order chi connectivity index (χ0) is 15.2. The number of hydrogen-bond acceptors (Lipinski definition) is 3. The van der Waals surface area contributed by atoms with Gasteiger partial charge in [-0.15, -0.1) is 0 Å². The Morgan fingerprint density at radius 1 is 1.30 bits per heavy atom. The second-order valence-electron chi connectivity index (χ2n) is 4.75. The number of aliphatic carboxylic acids is 1. The minimum atomic E-state index is -3.64. The van der Waals surface area contributed by atoms with E-state index in [-0.39, 0.29) is 5.75 Å². The van der Waals surface area contributed by atoms with Crippen LogP contribution >= 0.6 is 0 Å². The highest BCUT2D eigenvalue weighted by Gasteiger charge is 2.31. The van der Waals surface area contributed by atoms with Crippen molar-refractivity contribution in [3.8, 4) is 0 Å².